The number of hydrogen-bond acceptors (Lipinski definition) is 3. The zero-order chi connectivity index (χ0) is 17.1. The van der Waals surface area contributed by atoms with Gasteiger partial charge in [0.2, 0.25) is 5.91 Å². The number of rotatable bonds is 5. The van der Waals surface area contributed by atoms with Crippen LogP contribution in [0.3, 0.4) is 0 Å². The first-order valence-corrected chi connectivity index (χ1v) is 9.24. The Morgan fingerprint density at radius 3 is 2.72 bits per heavy atom. The quantitative estimate of drug-likeness (QED) is 0.911. The molecule has 2 aromatic heterocycles. The first-order chi connectivity index (χ1) is 12.2. The van der Waals surface area contributed by atoms with E-state index in [0.717, 1.165) is 44.7 Å². The average Bonchev–Trinajstić information content (AvgIpc) is 3.12. The smallest absolute Gasteiger partial charge is 0.222 e. The van der Waals surface area contributed by atoms with Crippen LogP contribution >= 0.6 is 0 Å². The van der Waals surface area contributed by atoms with E-state index in [1.165, 1.54) is 18.5 Å². The molecule has 5 nitrogen and oxygen atoms in total. The van der Waals surface area contributed by atoms with Gasteiger partial charge in [0.05, 0.1) is 0 Å². The fraction of sp³-hybridized carbons (Fsp3) is 0.500. The van der Waals surface area contributed by atoms with Crippen LogP contribution in [0, 0.1) is 5.41 Å². The Morgan fingerprint density at radius 1 is 1.20 bits per heavy atom. The molecule has 4 rings (SSSR count). The van der Waals surface area contributed by atoms with Gasteiger partial charge in [-0.15, -0.1) is 0 Å². The molecule has 2 fully saturated rings. The molecule has 1 amide bonds. The van der Waals surface area contributed by atoms with Crippen molar-refractivity contribution in [3.05, 3.63) is 54.1 Å². The minimum atomic E-state index is 0.295. The van der Waals surface area contributed by atoms with Crippen LogP contribution in [0.1, 0.15) is 30.5 Å². The van der Waals surface area contributed by atoms with Gasteiger partial charge in [-0.1, -0.05) is 6.07 Å². The van der Waals surface area contributed by atoms with Gasteiger partial charge in [0.25, 0.3) is 0 Å². The summed E-state index contributed by atoms with van der Waals surface area (Å²) < 4.78 is 0. The second-order valence-electron chi connectivity index (χ2n) is 7.58. The summed E-state index contributed by atoms with van der Waals surface area (Å²) in [6.07, 6.45) is 9.42. The molecule has 1 spiro atoms. The maximum Gasteiger partial charge on any atom is 0.222 e. The van der Waals surface area contributed by atoms with E-state index in [4.69, 9.17) is 0 Å². The van der Waals surface area contributed by atoms with E-state index < -0.39 is 0 Å². The number of likely N-dealkylation sites (tertiary alicyclic amines) is 2. The number of nitrogens with one attached hydrogen (secondary N) is 1. The second kappa shape index (κ2) is 7.00. The highest BCUT2D eigenvalue weighted by Gasteiger charge is 2.46. The first kappa shape index (κ1) is 16.3. The van der Waals surface area contributed by atoms with Crippen molar-refractivity contribution in [2.24, 2.45) is 5.41 Å². The second-order valence-corrected chi connectivity index (χ2v) is 7.58. The predicted octanol–water partition coefficient (Wildman–Crippen LogP) is 2.47. The topological polar surface area (TPSA) is 52.2 Å². The molecule has 2 saturated heterocycles. The van der Waals surface area contributed by atoms with E-state index in [1.807, 2.05) is 24.5 Å². The van der Waals surface area contributed by atoms with Crippen LogP contribution in [0.25, 0.3) is 0 Å². The van der Waals surface area contributed by atoms with E-state index >= 15 is 0 Å². The molecule has 0 radical (unpaired) electrons. The average molecular weight is 338 g/mol. The molecule has 0 aromatic carbocycles. The van der Waals surface area contributed by atoms with E-state index in [9.17, 15) is 4.79 Å². The monoisotopic (exact) mass is 338 g/mol. The van der Waals surface area contributed by atoms with Crippen molar-refractivity contribution in [2.75, 3.05) is 26.2 Å². The van der Waals surface area contributed by atoms with Gasteiger partial charge < -0.3 is 9.88 Å². The Morgan fingerprint density at radius 2 is 2.04 bits per heavy atom. The highest BCUT2D eigenvalue weighted by atomic mass is 16.2. The molecule has 132 valence electrons. The largest absolute Gasteiger partial charge is 0.364 e. The molecular formula is C20H26N4O. The number of H-pyrrole nitrogens is 1. The SMILES string of the molecule is O=C(CCc1cccnc1)N1CC2(CCN(Cc3ccc[nH]3)CC2)C1. The summed E-state index contributed by atoms with van der Waals surface area (Å²) in [5.41, 5.74) is 2.82. The molecule has 0 saturated carbocycles. The molecule has 2 aliphatic heterocycles. The van der Waals surface area contributed by atoms with Gasteiger partial charge in [-0.2, -0.15) is 0 Å². The molecule has 0 bridgehead atoms. The van der Waals surface area contributed by atoms with E-state index in [1.54, 1.807) is 6.20 Å². The maximum absolute atomic E-state index is 12.4. The third-order valence-corrected chi connectivity index (χ3v) is 5.73. The molecule has 5 heteroatoms. The Kier molecular flexibility index (Phi) is 4.57. The van der Waals surface area contributed by atoms with Gasteiger partial charge >= 0.3 is 0 Å². The van der Waals surface area contributed by atoms with E-state index in [2.05, 4.69) is 31.9 Å². The zero-order valence-corrected chi connectivity index (χ0v) is 14.7. The van der Waals surface area contributed by atoms with Crippen molar-refractivity contribution in [1.29, 1.82) is 0 Å². The van der Waals surface area contributed by atoms with Gasteiger partial charge in [0, 0.05) is 55.8 Å². The van der Waals surface area contributed by atoms with Gasteiger partial charge in [0.1, 0.15) is 0 Å². The van der Waals surface area contributed by atoms with Crippen LogP contribution in [-0.2, 0) is 17.8 Å². The number of amides is 1. The van der Waals surface area contributed by atoms with Crippen molar-refractivity contribution in [1.82, 2.24) is 19.8 Å². The standard InChI is InChI=1S/C20H26N4O/c25-19(6-5-17-3-1-9-21-13-17)24-15-20(16-24)7-11-23(12-8-20)14-18-4-2-10-22-18/h1-4,9-10,13,22H,5-8,11-12,14-16H2. The summed E-state index contributed by atoms with van der Waals surface area (Å²) in [5.74, 6) is 0.295. The number of aromatic nitrogens is 2. The molecule has 1 N–H and O–H groups in total. The lowest BCUT2D eigenvalue weighted by molar-refractivity contribution is -0.146. The molecule has 0 atom stereocenters. The number of carbonyl (C=O) groups is 1. The molecule has 0 unspecified atom stereocenters. The van der Waals surface area contributed by atoms with Crippen LogP contribution in [-0.4, -0.2) is 51.9 Å². The van der Waals surface area contributed by atoms with E-state index in [0.29, 0.717) is 17.7 Å². The van der Waals surface area contributed by atoms with Crippen molar-refractivity contribution in [2.45, 2.75) is 32.2 Å². The summed E-state index contributed by atoms with van der Waals surface area (Å²) >= 11 is 0. The minimum absolute atomic E-state index is 0.295. The van der Waals surface area contributed by atoms with Crippen molar-refractivity contribution >= 4 is 5.91 Å². The van der Waals surface area contributed by atoms with Crippen LogP contribution in [0.2, 0.25) is 0 Å². The summed E-state index contributed by atoms with van der Waals surface area (Å²) in [4.78, 5) is 24.4. The lowest BCUT2D eigenvalue weighted by atomic mass is 9.72. The number of nitrogens with zero attached hydrogens (tertiary/aromatic N) is 3. The summed E-state index contributed by atoms with van der Waals surface area (Å²) in [6.45, 7) is 5.19. The fourth-order valence-corrected chi connectivity index (χ4v) is 4.10. The lowest BCUT2D eigenvalue weighted by Crippen LogP contribution is -2.61. The number of aromatic amines is 1. The van der Waals surface area contributed by atoms with Crippen molar-refractivity contribution in [3.8, 4) is 0 Å². The third kappa shape index (κ3) is 3.76. The number of carbonyl (C=O) groups excluding carboxylic acids is 1. The molecular weight excluding hydrogens is 312 g/mol. The number of piperidine rings is 1. The molecule has 0 aliphatic carbocycles. The van der Waals surface area contributed by atoms with Crippen LogP contribution in [0.5, 0.6) is 0 Å². The molecule has 25 heavy (non-hydrogen) atoms. The summed E-state index contributed by atoms with van der Waals surface area (Å²) in [5, 5.41) is 0. The van der Waals surface area contributed by atoms with Gasteiger partial charge in [-0.3, -0.25) is 14.7 Å². The predicted molar refractivity (Wildman–Crippen MR) is 96.9 cm³/mol. The van der Waals surface area contributed by atoms with Crippen LogP contribution < -0.4 is 0 Å². The highest BCUT2D eigenvalue weighted by molar-refractivity contribution is 5.77. The number of aryl methyl sites for hydroxylation is 1. The van der Waals surface area contributed by atoms with Crippen molar-refractivity contribution in [3.63, 3.8) is 0 Å². The Hall–Kier alpha value is -2.14. The zero-order valence-electron chi connectivity index (χ0n) is 14.7. The fourth-order valence-electron chi connectivity index (χ4n) is 4.10. The summed E-state index contributed by atoms with van der Waals surface area (Å²) in [7, 11) is 0. The molecule has 2 aromatic rings. The third-order valence-electron chi connectivity index (χ3n) is 5.73. The first-order valence-electron chi connectivity index (χ1n) is 9.24. The highest BCUT2D eigenvalue weighted by Crippen LogP contribution is 2.40. The Bertz CT molecular complexity index is 682. The number of hydrogen-bond donors (Lipinski definition) is 1. The van der Waals surface area contributed by atoms with Crippen LogP contribution in [0.4, 0.5) is 0 Å². The van der Waals surface area contributed by atoms with E-state index in [-0.39, 0.29) is 0 Å². The van der Waals surface area contributed by atoms with Gasteiger partial charge in [-0.05, 0) is 56.1 Å². The minimum Gasteiger partial charge on any atom is -0.364 e. The lowest BCUT2D eigenvalue weighted by Gasteiger charge is -2.54. The maximum atomic E-state index is 12.4. The molecule has 4 heterocycles. The van der Waals surface area contributed by atoms with Gasteiger partial charge in [-0.25, -0.2) is 0 Å². The molecule has 2 aliphatic rings. The Balaban J connectivity index is 1.20. The van der Waals surface area contributed by atoms with Gasteiger partial charge in [0.15, 0.2) is 0 Å². The van der Waals surface area contributed by atoms with Crippen molar-refractivity contribution < 1.29 is 4.79 Å². The van der Waals surface area contributed by atoms with Crippen LogP contribution in [0.15, 0.2) is 42.9 Å². The summed E-state index contributed by atoms with van der Waals surface area (Å²) in [6, 6.07) is 8.18. The Labute approximate surface area is 149 Å². The normalized spacial score (nSPS) is 19.8. The number of pyridine rings is 1.